The predicted octanol–water partition coefficient (Wildman–Crippen LogP) is 2.99. The Balaban J connectivity index is 0.00000147. The molecule has 5 heteroatoms. The van der Waals surface area contributed by atoms with E-state index in [2.05, 4.69) is 15.9 Å². The lowest BCUT2D eigenvalue weighted by Crippen LogP contribution is -2.33. The summed E-state index contributed by atoms with van der Waals surface area (Å²) in [6.45, 7) is 3.73. The molecular formula is C15H20BrClN2O. The van der Waals surface area contributed by atoms with E-state index < -0.39 is 0 Å². The fourth-order valence-corrected chi connectivity index (χ4v) is 3.76. The molecule has 110 valence electrons. The number of carbonyl (C=O) groups is 1. The van der Waals surface area contributed by atoms with Crippen LogP contribution in [0.15, 0.2) is 22.7 Å². The summed E-state index contributed by atoms with van der Waals surface area (Å²) in [7, 11) is 0. The zero-order chi connectivity index (χ0) is 13.6. The maximum atomic E-state index is 12.5. The zero-order valence-electron chi connectivity index (χ0n) is 11.5. The van der Waals surface area contributed by atoms with Gasteiger partial charge in [-0.25, -0.2) is 0 Å². The fourth-order valence-electron chi connectivity index (χ4n) is 3.38. The monoisotopic (exact) mass is 358 g/mol. The second kappa shape index (κ2) is 6.04. The molecule has 0 radical (unpaired) electrons. The molecule has 1 aromatic carbocycles. The van der Waals surface area contributed by atoms with Crippen molar-refractivity contribution in [2.45, 2.75) is 25.8 Å². The third-order valence-corrected chi connectivity index (χ3v) is 5.47. The molecule has 20 heavy (non-hydrogen) atoms. The first-order valence-corrected chi connectivity index (χ1v) is 7.66. The van der Waals surface area contributed by atoms with Gasteiger partial charge in [-0.15, -0.1) is 12.4 Å². The quantitative estimate of drug-likeness (QED) is 0.838. The minimum absolute atomic E-state index is 0. The number of hydrogen-bond donors (Lipinski definition) is 1. The van der Waals surface area contributed by atoms with Crippen LogP contribution in [-0.4, -0.2) is 29.9 Å². The Morgan fingerprint density at radius 3 is 2.75 bits per heavy atom. The lowest BCUT2D eigenvalue weighted by atomic mass is 9.98. The maximum Gasteiger partial charge on any atom is 0.253 e. The number of carbonyl (C=O) groups excluding carboxylic acids is 1. The average molecular weight is 360 g/mol. The Bertz CT molecular complexity index is 523. The largest absolute Gasteiger partial charge is 0.338 e. The van der Waals surface area contributed by atoms with Gasteiger partial charge >= 0.3 is 0 Å². The number of nitrogens with zero attached hydrogens (tertiary/aromatic N) is 1. The molecule has 3 rings (SSSR count). The van der Waals surface area contributed by atoms with Crippen molar-refractivity contribution in [3.8, 4) is 0 Å². The normalized spacial score (nSPS) is 28.1. The van der Waals surface area contributed by atoms with E-state index in [9.17, 15) is 4.79 Å². The smallest absolute Gasteiger partial charge is 0.253 e. The van der Waals surface area contributed by atoms with Crippen molar-refractivity contribution in [3.05, 3.63) is 33.8 Å². The highest BCUT2D eigenvalue weighted by Gasteiger charge is 2.42. The standard InChI is InChI=1S/C15H19BrN2O.ClH/c1-9-2-3-10(6-13(9)16)15(19)18-7-11-4-5-14(17)12(11)8-18;/h2-3,6,11-12,14H,4-5,7-8,17H2,1H3;1H. The van der Waals surface area contributed by atoms with E-state index in [1.54, 1.807) is 0 Å². The third kappa shape index (κ3) is 2.74. The van der Waals surface area contributed by atoms with Crippen LogP contribution in [-0.2, 0) is 0 Å². The first-order valence-electron chi connectivity index (χ1n) is 6.87. The number of fused-ring (bicyclic) bond motifs is 1. The fraction of sp³-hybridized carbons (Fsp3) is 0.533. The molecule has 0 aromatic heterocycles. The van der Waals surface area contributed by atoms with Gasteiger partial charge in [-0.3, -0.25) is 4.79 Å². The number of likely N-dealkylation sites (tertiary alicyclic amines) is 1. The number of aryl methyl sites for hydroxylation is 1. The Morgan fingerprint density at radius 2 is 2.10 bits per heavy atom. The number of halogens is 2. The Labute approximate surface area is 134 Å². The molecular weight excluding hydrogens is 340 g/mol. The summed E-state index contributed by atoms with van der Waals surface area (Å²) in [5.74, 6) is 1.27. The molecule has 1 heterocycles. The first-order chi connectivity index (χ1) is 9.06. The zero-order valence-corrected chi connectivity index (χ0v) is 13.9. The van der Waals surface area contributed by atoms with Gasteiger partial charge < -0.3 is 10.6 Å². The van der Waals surface area contributed by atoms with Crippen LogP contribution in [0, 0.1) is 18.8 Å². The minimum Gasteiger partial charge on any atom is -0.338 e. The summed E-state index contributed by atoms with van der Waals surface area (Å²) in [4.78, 5) is 14.5. The first kappa shape index (κ1) is 15.8. The molecule has 3 unspecified atom stereocenters. The molecule has 1 saturated carbocycles. The van der Waals surface area contributed by atoms with E-state index in [0.717, 1.165) is 35.1 Å². The number of rotatable bonds is 1. The van der Waals surface area contributed by atoms with Crippen LogP contribution in [0.25, 0.3) is 0 Å². The molecule has 0 spiro atoms. The van der Waals surface area contributed by atoms with Crippen LogP contribution in [0.2, 0.25) is 0 Å². The van der Waals surface area contributed by atoms with Gasteiger partial charge in [0.1, 0.15) is 0 Å². The predicted molar refractivity (Wildman–Crippen MR) is 86.2 cm³/mol. The summed E-state index contributed by atoms with van der Waals surface area (Å²) in [6.07, 6.45) is 2.29. The van der Waals surface area contributed by atoms with Crippen molar-refractivity contribution in [2.75, 3.05) is 13.1 Å². The van der Waals surface area contributed by atoms with E-state index in [4.69, 9.17) is 5.73 Å². The Morgan fingerprint density at radius 1 is 1.35 bits per heavy atom. The highest BCUT2D eigenvalue weighted by molar-refractivity contribution is 9.10. The van der Waals surface area contributed by atoms with E-state index >= 15 is 0 Å². The number of benzene rings is 1. The van der Waals surface area contributed by atoms with Crippen molar-refractivity contribution in [2.24, 2.45) is 17.6 Å². The van der Waals surface area contributed by atoms with Gasteiger partial charge in [0, 0.05) is 29.2 Å². The summed E-state index contributed by atoms with van der Waals surface area (Å²) in [5, 5.41) is 0. The van der Waals surface area contributed by atoms with Gasteiger partial charge in [0.05, 0.1) is 0 Å². The third-order valence-electron chi connectivity index (χ3n) is 4.62. The molecule has 1 amide bonds. The second-order valence-electron chi connectivity index (χ2n) is 5.84. The minimum atomic E-state index is 0. The van der Waals surface area contributed by atoms with Crippen LogP contribution in [0.1, 0.15) is 28.8 Å². The second-order valence-corrected chi connectivity index (χ2v) is 6.69. The highest BCUT2D eigenvalue weighted by atomic mass is 79.9. The number of hydrogen-bond acceptors (Lipinski definition) is 2. The van der Waals surface area contributed by atoms with Crippen molar-refractivity contribution in [1.29, 1.82) is 0 Å². The van der Waals surface area contributed by atoms with E-state index in [1.165, 1.54) is 6.42 Å². The summed E-state index contributed by atoms with van der Waals surface area (Å²) < 4.78 is 0.995. The lowest BCUT2D eigenvalue weighted by molar-refractivity contribution is 0.0779. The molecule has 2 aliphatic rings. The maximum absolute atomic E-state index is 12.5. The molecule has 3 nitrogen and oxygen atoms in total. The van der Waals surface area contributed by atoms with Crippen LogP contribution >= 0.6 is 28.3 Å². The van der Waals surface area contributed by atoms with E-state index in [-0.39, 0.29) is 24.4 Å². The van der Waals surface area contributed by atoms with Crippen LogP contribution in [0.5, 0.6) is 0 Å². The van der Waals surface area contributed by atoms with Gasteiger partial charge in [0.15, 0.2) is 0 Å². The molecule has 2 fully saturated rings. The molecule has 2 N–H and O–H groups in total. The highest BCUT2D eigenvalue weighted by Crippen LogP contribution is 2.37. The summed E-state index contributed by atoms with van der Waals surface area (Å²) >= 11 is 3.49. The van der Waals surface area contributed by atoms with E-state index in [0.29, 0.717) is 11.8 Å². The van der Waals surface area contributed by atoms with Crippen LogP contribution < -0.4 is 5.73 Å². The number of nitrogens with two attached hydrogens (primary N) is 1. The topological polar surface area (TPSA) is 46.3 Å². The van der Waals surface area contributed by atoms with Gasteiger partial charge in [-0.05, 0) is 49.3 Å². The van der Waals surface area contributed by atoms with Crippen molar-refractivity contribution < 1.29 is 4.79 Å². The van der Waals surface area contributed by atoms with Gasteiger partial charge in [0.2, 0.25) is 0 Å². The molecule has 1 aromatic rings. The summed E-state index contributed by atoms with van der Waals surface area (Å²) in [6, 6.07) is 6.11. The van der Waals surface area contributed by atoms with Crippen LogP contribution in [0.4, 0.5) is 0 Å². The van der Waals surface area contributed by atoms with Crippen molar-refractivity contribution in [1.82, 2.24) is 4.90 Å². The molecule has 1 saturated heterocycles. The Kier molecular flexibility index (Phi) is 4.77. The molecule has 1 aliphatic carbocycles. The molecule has 1 aliphatic heterocycles. The summed E-state index contributed by atoms with van der Waals surface area (Å²) in [5.41, 5.74) is 8.04. The van der Waals surface area contributed by atoms with Gasteiger partial charge in [-0.2, -0.15) is 0 Å². The molecule has 3 atom stereocenters. The van der Waals surface area contributed by atoms with E-state index in [1.807, 2.05) is 30.0 Å². The SMILES string of the molecule is Cc1ccc(C(=O)N2CC3CCC(N)C3C2)cc1Br.Cl. The van der Waals surface area contributed by atoms with Crippen molar-refractivity contribution >= 4 is 34.2 Å². The Hall–Kier alpha value is -0.580. The van der Waals surface area contributed by atoms with Crippen LogP contribution in [0.3, 0.4) is 0 Å². The van der Waals surface area contributed by atoms with Gasteiger partial charge in [0.25, 0.3) is 5.91 Å². The molecule has 0 bridgehead atoms. The van der Waals surface area contributed by atoms with Gasteiger partial charge in [-0.1, -0.05) is 22.0 Å². The number of amides is 1. The average Bonchev–Trinajstić information content (AvgIpc) is 2.95. The lowest BCUT2D eigenvalue weighted by Gasteiger charge is -2.19. The van der Waals surface area contributed by atoms with Crippen molar-refractivity contribution in [3.63, 3.8) is 0 Å².